The molecule has 1 aliphatic rings. The van der Waals surface area contributed by atoms with Gasteiger partial charge in [0.05, 0.1) is 23.8 Å². The molecule has 1 aromatic heterocycles. The Labute approximate surface area is 252 Å². The molecule has 0 aliphatic carbocycles. The van der Waals surface area contributed by atoms with Crippen LogP contribution in [-0.2, 0) is 11.2 Å². The first-order valence-electron chi connectivity index (χ1n) is 13.8. The fourth-order valence-electron chi connectivity index (χ4n) is 4.72. The van der Waals surface area contributed by atoms with Crippen LogP contribution >= 0.6 is 11.8 Å². The number of aryl methyl sites for hydroxylation is 1. The fraction of sp³-hybridized carbons (Fsp3) is 0.290. The van der Waals surface area contributed by atoms with Crippen LogP contribution in [0.25, 0.3) is 17.1 Å². The first-order valence-corrected chi connectivity index (χ1v) is 14.8. The molecule has 2 heterocycles. The van der Waals surface area contributed by atoms with Crippen LogP contribution in [0.3, 0.4) is 0 Å². The Morgan fingerprint density at radius 3 is 2.47 bits per heavy atom. The van der Waals surface area contributed by atoms with E-state index in [9.17, 15) is 18.0 Å². The zero-order valence-corrected chi connectivity index (χ0v) is 24.7. The van der Waals surface area contributed by atoms with Crippen LogP contribution < -0.4 is 15.0 Å². The second-order valence-corrected chi connectivity index (χ2v) is 11.0. The number of rotatable bonds is 10. The summed E-state index contributed by atoms with van der Waals surface area (Å²) < 4.78 is 42.7. The van der Waals surface area contributed by atoms with Gasteiger partial charge in [0.1, 0.15) is 12.1 Å². The van der Waals surface area contributed by atoms with Crippen LogP contribution in [0.5, 0.6) is 5.75 Å². The number of para-hydroxylation sites is 1. The number of benzene rings is 3. The predicted octanol–water partition coefficient (Wildman–Crippen LogP) is 6.57. The van der Waals surface area contributed by atoms with Crippen LogP contribution in [0.15, 0.2) is 84.1 Å². The summed E-state index contributed by atoms with van der Waals surface area (Å²) in [5.74, 6) is 0.788. The van der Waals surface area contributed by atoms with Gasteiger partial charge in [0, 0.05) is 11.6 Å². The minimum absolute atomic E-state index is 0.0407. The van der Waals surface area contributed by atoms with Gasteiger partial charge in [-0.3, -0.25) is 15.0 Å². The normalized spacial score (nSPS) is 16.1. The lowest BCUT2D eigenvalue weighted by Gasteiger charge is -2.22. The van der Waals surface area contributed by atoms with Crippen molar-refractivity contribution < 1.29 is 22.7 Å². The highest BCUT2D eigenvalue weighted by Crippen LogP contribution is 2.30. The van der Waals surface area contributed by atoms with Crippen molar-refractivity contribution >= 4 is 28.5 Å². The van der Waals surface area contributed by atoms with Gasteiger partial charge in [-0.25, -0.2) is 14.7 Å². The van der Waals surface area contributed by atoms with E-state index in [1.165, 1.54) is 47.0 Å². The zero-order valence-electron chi connectivity index (χ0n) is 23.9. The first-order chi connectivity index (χ1) is 20.6. The molecule has 2 atom stereocenters. The minimum atomic E-state index is -4.74. The highest BCUT2D eigenvalue weighted by atomic mass is 32.2. The number of hydrogen-bond donors (Lipinski definition) is 1. The van der Waals surface area contributed by atoms with E-state index in [2.05, 4.69) is 40.9 Å². The van der Waals surface area contributed by atoms with Gasteiger partial charge in [-0.05, 0) is 60.7 Å². The minimum Gasteiger partial charge on any atom is -0.406 e. The molecule has 8 nitrogen and oxygen atoms in total. The van der Waals surface area contributed by atoms with Crippen molar-refractivity contribution in [2.75, 3.05) is 17.3 Å². The predicted molar refractivity (Wildman–Crippen MR) is 163 cm³/mol. The highest BCUT2D eigenvalue weighted by Gasteiger charge is 2.31. The number of ether oxygens (including phenoxy) is 1. The molecule has 0 bridgehead atoms. The number of alkyl halides is 3. The highest BCUT2D eigenvalue weighted by molar-refractivity contribution is 8.15. The quantitative estimate of drug-likeness (QED) is 0.219. The molecule has 1 saturated heterocycles. The molecule has 12 heteroatoms. The second-order valence-electron chi connectivity index (χ2n) is 10.1. The number of amidine groups is 1. The topological polar surface area (TPSA) is 84.6 Å². The van der Waals surface area contributed by atoms with Gasteiger partial charge in [0.15, 0.2) is 11.0 Å². The van der Waals surface area contributed by atoms with E-state index >= 15 is 0 Å². The Balaban J connectivity index is 1.19. The summed E-state index contributed by atoms with van der Waals surface area (Å²) in [5.41, 5.74) is 4.50. The molecule has 1 N–H and O–H groups in total. The number of nitrogens with zero attached hydrogens (tertiary/aromatic N) is 5. The summed E-state index contributed by atoms with van der Waals surface area (Å²) >= 11 is 1.46. The molecular formula is C31H31F3N6O2S. The third-order valence-corrected chi connectivity index (χ3v) is 8.24. The van der Waals surface area contributed by atoms with Crippen LogP contribution in [0, 0.1) is 0 Å². The van der Waals surface area contributed by atoms with E-state index < -0.39 is 6.36 Å². The monoisotopic (exact) mass is 608 g/mol. The van der Waals surface area contributed by atoms with Crippen molar-refractivity contribution in [1.29, 1.82) is 0 Å². The number of halogens is 3. The third kappa shape index (κ3) is 7.26. The lowest BCUT2D eigenvalue weighted by atomic mass is 9.93. The Hall–Kier alpha value is -4.16. The van der Waals surface area contributed by atoms with Crippen LogP contribution in [0.4, 0.5) is 18.9 Å². The molecule has 4 aromatic rings. The average Bonchev–Trinajstić information content (AvgIpc) is 3.63. The van der Waals surface area contributed by atoms with Crippen molar-refractivity contribution in [3.05, 3.63) is 90.3 Å². The number of nitrogens with one attached hydrogen (secondary N) is 1. The van der Waals surface area contributed by atoms with Gasteiger partial charge in [0.25, 0.3) is 0 Å². The van der Waals surface area contributed by atoms with Gasteiger partial charge in [-0.1, -0.05) is 68.1 Å². The van der Waals surface area contributed by atoms with E-state index in [1.54, 1.807) is 4.90 Å². The largest absolute Gasteiger partial charge is 0.573 e. The number of carbonyl (C=O) groups excluding carboxylic acids is 1. The van der Waals surface area contributed by atoms with Gasteiger partial charge >= 0.3 is 6.36 Å². The lowest BCUT2D eigenvalue weighted by molar-refractivity contribution is -0.274. The first kappa shape index (κ1) is 30.3. The average molecular weight is 609 g/mol. The number of thioether (sulfide) groups is 1. The fourth-order valence-corrected chi connectivity index (χ4v) is 5.59. The van der Waals surface area contributed by atoms with Crippen LogP contribution in [-0.4, -0.2) is 50.7 Å². The number of aromatic nitrogens is 3. The van der Waals surface area contributed by atoms with Crippen molar-refractivity contribution in [2.24, 2.45) is 4.99 Å². The van der Waals surface area contributed by atoms with E-state index in [1.807, 2.05) is 48.5 Å². The standard InChI is InChI=1S/C31H31F3N6O2S/c1-4-22-7-5-6-8-27(22)40-28(41)17-43-30(40)36-18-35-21(3)20(2)23-9-11-24(12-10-23)29-37-19-39(38-29)25-13-15-26(16-14-25)42-31(32,33)34/h5-16,19-21,35H,4,17-18H2,1-3H3/b36-30-. The number of carbonyl (C=O) groups is 1. The molecule has 3 aromatic carbocycles. The van der Waals surface area contributed by atoms with E-state index in [0.717, 1.165) is 28.8 Å². The van der Waals surface area contributed by atoms with Crippen molar-refractivity contribution in [3.63, 3.8) is 0 Å². The molecule has 43 heavy (non-hydrogen) atoms. The molecule has 2 unspecified atom stereocenters. The molecule has 1 amide bonds. The van der Waals surface area contributed by atoms with Gasteiger partial charge < -0.3 is 4.74 Å². The molecule has 224 valence electrons. The summed E-state index contributed by atoms with van der Waals surface area (Å²) in [5, 5.41) is 8.65. The number of anilines is 1. The second kappa shape index (κ2) is 13.0. The molecule has 1 aliphatic heterocycles. The molecule has 0 saturated carbocycles. The maximum Gasteiger partial charge on any atom is 0.573 e. The summed E-state index contributed by atoms with van der Waals surface area (Å²) in [4.78, 5) is 23.5. The number of amides is 1. The Morgan fingerprint density at radius 1 is 1.05 bits per heavy atom. The van der Waals surface area contributed by atoms with E-state index in [4.69, 9.17) is 4.99 Å². The molecule has 0 spiro atoms. The van der Waals surface area contributed by atoms with Gasteiger partial charge in [-0.2, -0.15) is 0 Å². The molecule has 0 radical (unpaired) electrons. The Morgan fingerprint density at radius 2 is 1.77 bits per heavy atom. The zero-order chi connectivity index (χ0) is 30.6. The summed E-state index contributed by atoms with van der Waals surface area (Å²) in [6.45, 7) is 6.70. The maximum absolute atomic E-state index is 12.7. The van der Waals surface area contributed by atoms with Gasteiger partial charge in [-0.15, -0.1) is 18.3 Å². The summed E-state index contributed by atoms with van der Waals surface area (Å²) in [6.07, 6.45) is -2.40. The maximum atomic E-state index is 12.7. The van der Waals surface area contributed by atoms with Gasteiger partial charge in [0.2, 0.25) is 5.91 Å². The number of aliphatic imine (C=N–C) groups is 1. The SMILES string of the molecule is CCc1ccccc1N1C(=O)CS/C1=N\CNC(C)C(C)c1ccc(-c2ncn(-c3ccc(OC(F)(F)F)cc3)n2)cc1. The summed E-state index contributed by atoms with van der Waals surface area (Å²) in [6, 6.07) is 21.4. The lowest BCUT2D eigenvalue weighted by Crippen LogP contribution is -2.34. The molecular weight excluding hydrogens is 577 g/mol. The van der Waals surface area contributed by atoms with Crippen molar-refractivity contribution in [2.45, 2.75) is 45.5 Å². The molecule has 5 rings (SSSR count). The van der Waals surface area contributed by atoms with E-state index in [-0.39, 0.29) is 23.6 Å². The summed E-state index contributed by atoms with van der Waals surface area (Å²) in [7, 11) is 0. The van der Waals surface area contributed by atoms with Crippen LogP contribution in [0.1, 0.15) is 37.8 Å². The Kier molecular flexibility index (Phi) is 9.16. The van der Waals surface area contributed by atoms with Crippen molar-refractivity contribution in [1.82, 2.24) is 20.1 Å². The smallest absolute Gasteiger partial charge is 0.406 e. The van der Waals surface area contributed by atoms with E-state index in [0.29, 0.717) is 29.1 Å². The third-order valence-electron chi connectivity index (χ3n) is 7.28. The van der Waals surface area contributed by atoms with Crippen LogP contribution in [0.2, 0.25) is 0 Å². The Bertz CT molecular complexity index is 1590. The number of hydrogen-bond acceptors (Lipinski definition) is 7. The molecule has 1 fully saturated rings. The van der Waals surface area contributed by atoms with Crippen molar-refractivity contribution in [3.8, 4) is 22.8 Å².